The van der Waals surface area contributed by atoms with Crippen LogP contribution in [0.15, 0.2) is 48.5 Å². The van der Waals surface area contributed by atoms with Crippen molar-refractivity contribution in [3.05, 3.63) is 59.7 Å². The first-order chi connectivity index (χ1) is 11.8. The Morgan fingerprint density at radius 2 is 1.68 bits per heavy atom. The Balaban J connectivity index is 1.83. The molecule has 0 fully saturated rings. The molecule has 25 heavy (non-hydrogen) atoms. The average Bonchev–Trinajstić information content (AvgIpc) is 3.02. The van der Waals surface area contributed by atoms with Gasteiger partial charge in [0.1, 0.15) is 5.75 Å². The first kappa shape index (κ1) is 16.6. The number of carboxylic acid groups (broad SMARTS) is 1. The van der Waals surface area contributed by atoms with Crippen LogP contribution in [0.1, 0.15) is 36.7 Å². The number of ether oxygens (including phenoxy) is 1. The average molecular weight is 338 g/mol. The third kappa shape index (κ3) is 3.65. The van der Waals surface area contributed by atoms with Gasteiger partial charge >= 0.3 is 12.0 Å². The van der Waals surface area contributed by atoms with E-state index in [2.05, 4.69) is 36.3 Å². The van der Waals surface area contributed by atoms with Crippen molar-refractivity contribution in [2.75, 3.05) is 0 Å². The minimum Gasteiger partial charge on any atom is -0.478 e. The summed E-state index contributed by atoms with van der Waals surface area (Å²) >= 11 is 0. The molecule has 0 radical (unpaired) electrons. The largest absolute Gasteiger partial charge is 0.478 e. The lowest BCUT2D eigenvalue weighted by atomic mass is 9.87. The molecule has 0 aliphatic carbocycles. The molecule has 0 aliphatic heterocycles. The molecule has 128 valence electrons. The van der Waals surface area contributed by atoms with E-state index in [-0.39, 0.29) is 17.0 Å². The van der Waals surface area contributed by atoms with Crippen LogP contribution in [0.2, 0.25) is 0 Å². The van der Waals surface area contributed by atoms with Crippen LogP contribution in [0.4, 0.5) is 0 Å². The van der Waals surface area contributed by atoms with Crippen molar-refractivity contribution in [2.24, 2.45) is 0 Å². The van der Waals surface area contributed by atoms with Gasteiger partial charge in [0, 0.05) is 0 Å². The van der Waals surface area contributed by atoms with E-state index in [4.69, 9.17) is 9.84 Å². The second-order valence-electron chi connectivity index (χ2n) is 6.60. The molecule has 7 heteroatoms. The second kappa shape index (κ2) is 6.35. The molecule has 0 bridgehead atoms. The SMILES string of the molecule is CC(C)(C)c1ccc(Oc2nnnn2-c2ccc(C(=O)O)cc2)cc1. The van der Waals surface area contributed by atoms with Gasteiger partial charge in [0.05, 0.1) is 11.3 Å². The molecule has 0 saturated carbocycles. The highest BCUT2D eigenvalue weighted by atomic mass is 16.5. The predicted octanol–water partition coefficient (Wildman–Crippen LogP) is 3.45. The van der Waals surface area contributed by atoms with E-state index in [1.54, 1.807) is 12.1 Å². The fourth-order valence-corrected chi connectivity index (χ4v) is 2.28. The van der Waals surface area contributed by atoms with Gasteiger partial charge in [-0.05, 0) is 57.8 Å². The zero-order valence-electron chi connectivity index (χ0n) is 14.2. The summed E-state index contributed by atoms with van der Waals surface area (Å²) in [6, 6.07) is 14.2. The highest BCUT2D eigenvalue weighted by Gasteiger charge is 2.15. The van der Waals surface area contributed by atoms with E-state index in [1.165, 1.54) is 22.4 Å². The van der Waals surface area contributed by atoms with Gasteiger partial charge < -0.3 is 9.84 Å². The van der Waals surface area contributed by atoms with Crippen LogP contribution in [-0.4, -0.2) is 31.3 Å². The van der Waals surface area contributed by atoms with Crippen molar-refractivity contribution >= 4 is 5.97 Å². The van der Waals surface area contributed by atoms with E-state index < -0.39 is 5.97 Å². The van der Waals surface area contributed by atoms with Crippen molar-refractivity contribution in [3.8, 4) is 17.4 Å². The van der Waals surface area contributed by atoms with Gasteiger partial charge in [-0.25, -0.2) is 4.79 Å². The smallest absolute Gasteiger partial charge is 0.345 e. The number of rotatable bonds is 4. The van der Waals surface area contributed by atoms with E-state index in [0.717, 1.165) is 0 Å². The minimum atomic E-state index is -0.987. The molecular formula is C18H18N4O3. The highest BCUT2D eigenvalue weighted by molar-refractivity contribution is 5.87. The normalized spacial score (nSPS) is 11.3. The van der Waals surface area contributed by atoms with E-state index in [0.29, 0.717) is 11.4 Å². The van der Waals surface area contributed by atoms with Crippen molar-refractivity contribution in [1.29, 1.82) is 0 Å². The molecule has 0 amide bonds. The standard InChI is InChI=1S/C18H18N4O3/c1-18(2,3)13-6-10-15(11-7-13)25-17-19-20-21-22(17)14-8-4-12(5-9-14)16(23)24/h4-11H,1-3H3,(H,23,24). The maximum absolute atomic E-state index is 10.9. The van der Waals surface area contributed by atoms with E-state index in [9.17, 15) is 4.79 Å². The summed E-state index contributed by atoms with van der Waals surface area (Å²) in [5.41, 5.74) is 2.06. The fraction of sp³-hybridized carbons (Fsp3) is 0.222. The molecule has 3 rings (SSSR count). The molecule has 1 aromatic heterocycles. The second-order valence-corrected chi connectivity index (χ2v) is 6.60. The molecule has 3 aromatic rings. The fourth-order valence-electron chi connectivity index (χ4n) is 2.28. The summed E-state index contributed by atoms with van der Waals surface area (Å²) in [6.07, 6.45) is 0. The molecule has 0 aliphatic rings. The first-order valence-corrected chi connectivity index (χ1v) is 7.75. The van der Waals surface area contributed by atoms with Gasteiger partial charge in [0.2, 0.25) is 0 Å². The number of nitrogens with zero attached hydrogens (tertiary/aromatic N) is 4. The number of aromatic carboxylic acids is 1. The summed E-state index contributed by atoms with van der Waals surface area (Å²) in [4.78, 5) is 10.9. The molecule has 0 spiro atoms. The number of carboxylic acids is 1. The van der Waals surface area contributed by atoms with Crippen molar-refractivity contribution in [3.63, 3.8) is 0 Å². The van der Waals surface area contributed by atoms with Crippen molar-refractivity contribution in [1.82, 2.24) is 20.2 Å². The number of tetrazole rings is 1. The molecule has 0 saturated heterocycles. The number of hydrogen-bond acceptors (Lipinski definition) is 5. The Labute approximate surface area is 144 Å². The van der Waals surface area contributed by atoms with Crippen molar-refractivity contribution in [2.45, 2.75) is 26.2 Å². The molecule has 1 heterocycles. The van der Waals surface area contributed by atoms with Gasteiger partial charge in [0.15, 0.2) is 0 Å². The van der Waals surface area contributed by atoms with E-state index in [1.807, 2.05) is 24.3 Å². The van der Waals surface area contributed by atoms with Gasteiger partial charge in [-0.1, -0.05) is 38.0 Å². The minimum absolute atomic E-state index is 0.0615. The van der Waals surface area contributed by atoms with Crippen LogP contribution >= 0.6 is 0 Å². The van der Waals surface area contributed by atoms with Crippen LogP contribution in [0, 0.1) is 0 Å². The van der Waals surface area contributed by atoms with Crippen LogP contribution in [0.5, 0.6) is 11.8 Å². The third-order valence-electron chi connectivity index (χ3n) is 3.73. The highest BCUT2D eigenvalue weighted by Crippen LogP contribution is 2.26. The molecule has 0 unspecified atom stereocenters. The zero-order valence-corrected chi connectivity index (χ0v) is 14.2. The third-order valence-corrected chi connectivity index (χ3v) is 3.73. The lowest BCUT2D eigenvalue weighted by Gasteiger charge is -2.19. The molecule has 0 atom stereocenters. The van der Waals surface area contributed by atoms with Crippen LogP contribution in [0.3, 0.4) is 0 Å². The van der Waals surface area contributed by atoms with Gasteiger partial charge in [-0.15, -0.1) is 0 Å². The predicted molar refractivity (Wildman–Crippen MR) is 91.3 cm³/mol. The summed E-state index contributed by atoms with van der Waals surface area (Å²) in [5.74, 6) is -0.370. The van der Waals surface area contributed by atoms with Crippen molar-refractivity contribution < 1.29 is 14.6 Å². The monoisotopic (exact) mass is 338 g/mol. The Morgan fingerprint density at radius 1 is 1.04 bits per heavy atom. The maximum Gasteiger partial charge on any atom is 0.345 e. The Morgan fingerprint density at radius 3 is 2.24 bits per heavy atom. The lowest BCUT2D eigenvalue weighted by molar-refractivity contribution is 0.0697. The Bertz CT molecular complexity index is 878. The number of benzene rings is 2. The topological polar surface area (TPSA) is 90.1 Å². The molecule has 7 nitrogen and oxygen atoms in total. The summed E-state index contributed by atoms with van der Waals surface area (Å²) < 4.78 is 7.17. The van der Waals surface area contributed by atoms with Gasteiger partial charge in [0.25, 0.3) is 0 Å². The maximum atomic E-state index is 10.9. The number of hydrogen-bond donors (Lipinski definition) is 1. The summed E-state index contributed by atoms with van der Waals surface area (Å²) in [5, 5.41) is 20.4. The van der Waals surface area contributed by atoms with Crippen LogP contribution < -0.4 is 4.74 Å². The number of aromatic nitrogens is 4. The van der Waals surface area contributed by atoms with E-state index >= 15 is 0 Å². The molecule has 1 N–H and O–H groups in total. The lowest BCUT2D eigenvalue weighted by Crippen LogP contribution is -2.10. The van der Waals surface area contributed by atoms with Gasteiger partial charge in [-0.3, -0.25) is 0 Å². The first-order valence-electron chi connectivity index (χ1n) is 7.75. The van der Waals surface area contributed by atoms with Crippen LogP contribution in [0.25, 0.3) is 5.69 Å². The summed E-state index contributed by atoms with van der Waals surface area (Å²) in [6.45, 7) is 6.43. The zero-order chi connectivity index (χ0) is 18.0. The Hall–Kier alpha value is -3.22. The number of carbonyl (C=O) groups is 1. The summed E-state index contributed by atoms with van der Waals surface area (Å²) in [7, 11) is 0. The van der Waals surface area contributed by atoms with Gasteiger partial charge in [-0.2, -0.15) is 4.68 Å². The van der Waals surface area contributed by atoms with Crippen LogP contribution in [-0.2, 0) is 5.41 Å². The Kier molecular flexibility index (Phi) is 4.22. The molecular weight excluding hydrogens is 320 g/mol. The quantitative estimate of drug-likeness (QED) is 0.783. The molecule has 2 aromatic carbocycles.